The zero-order valence-electron chi connectivity index (χ0n) is 20.3. The van der Waals surface area contributed by atoms with Gasteiger partial charge in [0.1, 0.15) is 5.65 Å². The normalized spacial score (nSPS) is 14.6. The summed E-state index contributed by atoms with van der Waals surface area (Å²) in [6.07, 6.45) is 5.43. The monoisotopic (exact) mass is 465 g/mol. The quantitative estimate of drug-likeness (QED) is 0.503. The van der Waals surface area contributed by atoms with Crippen LogP contribution in [0.3, 0.4) is 0 Å². The maximum Gasteiger partial charge on any atom is 0.196 e. The van der Waals surface area contributed by atoms with Crippen molar-refractivity contribution in [2.75, 3.05) is 11.9 Å². The van der Waals surface area contributed by atoms with Crippen molar-refractivity contribution >= 4 is 25.0 Å². The number of rotatable bonds is 7. The standard InChI is InChI=1S/C26H35N3O3Si/c1-26(2,3)33(4,5)32-11-10-29-16-20(17-30)24(31)23-14-22(15-27-25(23)29)28-21-12-18-8-6-7-9-19(18)13-21/h6-9,14-16,21,28,30H,10-13,17H2,1-5H3. The first-order valence-electron chi connectivity index (χ1n) is 11.7. The molecular formula is C26H35N3O3Si. The smallest absolute Gasteiger partial charge is 0.196 e. The molecule has 6 nitrogen and oxygen atoms in total. The molecule has 7 heteroatoms. The van der Waals surface area contributed by atoms with E-state index in [0.717, 1.165) is 18.5 Å². The highest BCUT2D eigenvalue weighted by Gasteiger charge is 2.36. The number of anilines is 1. The minimum Gasteiger partial charge on any atom is -0.415 e. The van der Waals surface area contributed by atoms with E-state index in [9.17, 15) is 9.90 Å². The first-order chi connectivity index (χ1) is 15.6. The molecule has 1 aliphatic carbocycles. The Bertz CT molecular complexity index is 1190. The SMILES string of the molecule is CC(C)(C)[Si](C)(C)OCCn1cc(CO)c(=O)c2cc(NC3Cc4ccccc4C3)cnc21. The Labute approximate surface area is 196 Å². The zero-order valence-corrected chi connectivity index (χ0v) is 21.3. The van der Waals surface area contributed by atoms with Crippen LogP contribution in [0.4, 0.5) is 5.69 Å². The molecule has 0 unspecified atom stereocenters. The van der Waals surface area contributed by atoms with Gasteiger partial charge in [0, 0.05) is 24.3 Å². The molecule has 0 aliphatic heterocycles. The molecule has 0 spiro atoms. The van der Waals surface area contributed by atoms with E-state index < -0.39 is 8.32 Å². The van der Waals surface area contributed by atoms with Gasteiger partial charge in [0.05, 0.1) is 30.5 Å². The van der Waals surface area contributed by atoms with E-state index in [-0.39, 0.29) is 23.1 Å². The number of fused-ring (bicyclic) bond motifs is 2. The highest BCUT2D eigenvalue weighted by atomic mass is 28.4. The van der Waals surface area contributed by atoms with Gasteiger partial charge in [-0.15, -0.1) is 0 Å². The predicted octanol–water partition coefficient (Wildman–Crippen LogP) is 4.49. The second-order valence-electron chi connectivity index (χ2n) is 10.6. The minimum atomic E-state index is -1.87. The van der Waals surface area contributed by atoms with Crippen molar-refractivity contribution in [1.82, 2.24) is 9.55 Å². The summed E-state index contributed by atoms with van der Waals surface area (Å²) < 4.78 is 8.27. The molecule has 0 radical (unpaired) electrons. The molecule has 0 saturated carbocycles. The zero-order chi connectivity index (χ0) is 23.8. The van der Waals surface area contributed by atoms with Gasteiger partial charge in [-0.05, 0) is 48.2 Å². The largest absolute Gasteiger partial charge is 0.415 e. The number of aliphatic hydroxyl groups is 1. The molecule has 0 amide bonds. The van der Waals surface area contributed by atoms with E-state index in [4.69, 9.17) is 4.43 Å². The van der Waals surface area contributed by atoms with Crippen LogP contribution in [0.15, 0.2) is 47.5 Å². The van der Waals surface area contributed by atoms with Crippen molar-refractivity contribution in [1.29, 1.82) is 0 Å². The second-order valence-corrected chi connectivity index (χ2v) is 15.4. The fraction of sp³-hybridized carbons (Fsp3) is 0.462. The number of aliphatic hydroxyl groups excluding tert-OH is 1. The van der Waals surface area contributed by atoms with E-state index in [1.165, 1.54) is 11.1 Å². The summed E-state index contributed by atoms with van der Waals surface area (Å²) in [5, 5.41) is 14.0. The van der Waals surface area contributed by atoms with Gasteiger partial charge in [-0.3, -0.25) is 4.79 Å². The molecule has 0 saturated heterocycles. The third-order valence-corrected chi connectivity index (χ3v) is 11.7. The number of nitrogens with one attached hydrogen (secondary N) is 1. The number of benzene rings is 1. The lowest BCUT2D eigenvalue weighted by atomic mass is 10.1. The average Bonchev–Trinajstić information content (AvgIpc) is 3.17. The lowest BCUT2D eigenvalue weighted by molar-refractivity contribution is 0.268. The van der Waals surface area contributed by atoms with E-state index in [2.05, 4.69) is 68.4 Å². The van der Waals surface area contributed by atoms with E-state index >= 15 is 0 Å². The summed E-state index contributed by atoms with van der Waals surface area (Å²) in [4.78, 5) is 17.6. The molecule has 0 bridgehead atoms. The lowest BCUT2D eigenvalue weighted by Gasteiger charge is -2.36. The fourth-order valence-corrected chi connectivity index (χ4v) is 5.24. The molecule has 4 rings (SSSR count). The minimum absolute atomic E-state index is 0.133. The Morgan fingerprint density at radius 2 is 1.88 bits per heavy atom. The molecule has 2 aromatic heterocycles. The molecule has 0 fully saturated rings. The average molecular weight is 466 g/mol. The summed E-state index contributed by atoms with van der Waals surface area (Å²) in [5.74, 6) is 0. The Hall–Kier alpha value is -2.48. The van der Waals surface area contributed by atoms with Crippen LogP contribution < -0.4 is 10.7 Å². The van der Waals surface area contributed by atoms with Gasteiger partial charge < -0.3 is 19.4 Å². The van der Waals surface area contributed by atoms with Crippen molar-refractivity contribution in [2.24, 2.45) is 0 Å². The summed E-state index contributed by atoms with van der Waals surface area (Å²) in [5.41, 5.74) is 4.40. The van der Waals surface area contributed by atoms with Crippen LogP contribution in [0.2, 0.25) is 18.1 Å². The van der Waals surface area contributed by atoms with Crippen LogP contribution in [-0.4, -0.2) is 35.6 Å². The Morgan fingerprint density at radius 1 is 1.21 bits per heavy atom. The summed E-state index contributed by atoms with van der Waals surface area (Å²) in [7, 11) is -1.87. The number of aromatic nitrogens is 2. The van der Waals surface area contributed by atoms with Gasteiger partial charge in [-0.25, -0.2) is 4.98 Å². The van der Waals surface area contributed by atoms with Crippen molar-refractivity contribution in [3.8, 4) is 0 Å². The number of pyridine rings is 2. The predicted molar refractivity (Wildman–Crippen MR) is 136 cm³/mol. The molecule has 1 aromatic carbocycles. The third kappa shape index (κ3) is 4.90. The topological polar surface area (TPSA) is 76.4 Å². The summed E-state index contributed by atoms with van der Waals surface area (Å²) in [6.45, 7) is 11.9. The highest BCUT2D eigenvalue weighted by molar-refractivity contribution is 6.74. The van der Waals surface area contributed by atoms with Crippen LogP contribution in [-0.2, 0) is 30.4 Å². The van der Waals surface area contributed by atoms with Gasteiger partial charge in [0.25, 0.3) is 0 Å². The van der Waals surface area contributed by atoms with Crippen molar-refractivity contribution in [3.63, 3.8) is 0 Å². The maximum absolute atomic E-state index is 13.0. The van der Waals surface area contributed by atoms with Gasteiger partial charge >= 0.3 is 0 Å². The van der Waals surface area contributed by atoms with Gasteiger partial charge in [-0.1, -0.05) is 45.0 Å². The van der Waals surface area contributed by atoms with Gasteiger partial charge in [0.15, 0.2) is 13.7 Å². The van der Waals surface area contributed by atoms with Crippen molar-refractivity contribution < 1.29 is 9.53 Å². The van der Waals surface area contributed by atoms with E-state index in [1.807, 2.05) is 10.6 Å². The van der Waals surface area contributed by atoms with Crippen LogP contribution >= 0.6 is 0 Å². The van der Waals surface area contributed by atoms with Crippen LogP contribution in [0, 0.1) is 0 Å². The first kappa shape index (κ1) is 23.7. The Balaban J connectivity index is 1.57. The fourth-order valence-electron chi connectivity index (χ4n) is 4.21. The molecule has 3 aromatic rings. The molecule has 0 atom stereocenters. The number of hydrogen-bond acceptors (Lipinski definition) is 5. The van der Waals surface area contributed by atoms with Gasteiger partial charge in [-0.2, -0.15) is 0 Å². The van der Waals surface area contributed by atoms with Crippen molar-refractivity contribution in [3.05, 3.63) is 69.6 Å². The number of nitrogens with zero attached hydrogens (tertiary/aromatic N) is 2. The van der Waals surface area contributed by atoms with Crippen LogP contribution in [0.25, 0.3) is 11.0 Å². The molecular weight excluding hydrogens is 430 g/mol. The van der Waals surface area contributed by atoms with E-state index in [1.54, 1.807) is 12.4 Å². The lowest BCUT2D eigenvalue weighted by Crippen LogP contribution is -2.41. The number of hydrogen-bond donors (Lipinski definition) is 2. The van der Waals surface area contributed by atoms with Gasteiger partial charge in [0.2, 0.25) is 0 Å². The molecule has 1 aliphatic rings. The van der Waals surface area contributed by atoms with E-state index in [0.29, 0.717) is 29.7 Å². The molecule has 33 heavy (non-hydrogen) atoms. The summed E-state index contributed by atoms with van der Waals surface area (Å²) >= 11 is 0. The van der Waals surface area contributed by atoms with Crippen LogP contribution in [0.5, 0.6) is 0 Å². The van der Waals surface area contributed by atoms with Crippen molar-refractivity contribution in [2.45, 2.75) is 70.9 Å². The molecule has 2 heterocycles. The third-order valence-electron chi connectivity index (χ3n) is 7.18. The van der Waals surface area contributed by atoms with Crippen LogP contribution in [0.1, 0.15) is 37.5 Å². The molecule has 2 N–H and O–H groups in total. The first-order valence-corrected chi connectivity index (χ1v) is 14.6. The highest BCUT2D eigenvalue weighted by Crippen LogP contribution is 2.36. The summed E-state index contributed by atoms with van der Waals surface area (Å²) in [6, 6.07) is 10.7. The molecule has 176 valence electrons. The Kier molecular flexibility index (Phi) is 6.49. The second kappa shape index (κ2) is 9.04. The Morgan fingerprint density at radius 3 is 2.48 bits per heavy atom. The maximum atomic E-state index is 13.0.